The molecule has 5 nitrogen and oxygen atoms in total. The topological polar surface area (TPSA) is 72.6 Å². The van der Waals surface area contributed by atoms with Crippen molar-refractivity contribution in [3.8, 4) is 5.75 Å². The Balaban J connectivity index is 1.64. The van der Waals surface area contributed by atoms with Crippen LogP contribution in [0, 0.1) is 0 Å². The number of benzene rings is 3. The first-order valence-corrected chi connectivity index (χ1v) is 9.72. The molecule has 0 saturated heterocycles. The number of hydrogen-bond acceptors (Lipinski definition) is 3. The molecule has 0 aliphatic carbocycles. The first kappa shape index (κ1) is 19.0. The van der Waals surface area contributed by atoms with E-state index in [1.54, 1.807) is 12.0 Å². The number of amides is 2. The van der Waals surface area contributed by atoms with Crippen molar-refractivity contribution in [2.45, 2.75) is 31.8 Å². The van der Waals surface area contributed by atoms with E-state index in [1.165, 1.54) is 0 Å². The Kier molecular flexibility index (Phi) is 4.97. The predicted molar refractivity (Wildman–Crippen MR) is 113 cm³/mol. The van der Waals surface area contributed by atoms with Gasteiger partial charge < -0.3 is 15.4 Å². The molecular formula is C24H24N2O3. The van der Waals surface area contributed by atoms with E-state index in [9.17, 15) is 9.59 Å². The highest BCUT2D eigenvalue weighted by atomic mass is 16.5. The van der Waals surface area contributed by atoms with E-state index in [-0.39, 0.29) is 11.8 Å². The van der Waals surface area contributed by atoms with Crippen molar-refractivity contribution in [1.29, 1.82) is 0 Å². The minimum absolute atomic E-state index is 0.0869. The Morgan fingerprint density at radius 1 is 1.03 bits per heavy atom. The SMILES string of the molecule is COc1ccc2cc([C@H](C)C(=O)N3Cc4ccccc4C[C@@H]3C(N)=O)ccc2c1. The zero-order valence-electron chi connectivity index (χ0n) is 16.6. The Labute approximate surface area is 170 Å². The molecule has 1 aliphatic heterocycles. The third kappa shape index (κ3) is 3.56. The normalized spacial score (nSPS) is 16.9. The molecule has 0 bridgehead atoms. The van der Waals surface area contributed by atoms with E-state index in [1.807, 2.05) is 67.6 Å². The molecule has 5 heteroatoms. The molecule has 0 spiro atoms. The summed E-state index contributed by atoms with van der Waals surface area (Å²) < 4.78 is 5.28. The van der Waals surface area contributed by atoms with Gasteiger partial charge in [0, 0.05) is 13.0 Å². The van der Waals surface area contributed by atoms with Crippen LogP contribution in [0.1, 0.15) is 29.5 Å². The van der Waals surface area contributed by atoms with Crippen LogP contribution in [0.15, 0.2) is 60.7 Å². The minimum Gasteiger partial charge on any atom is -0.497 e. The Morgan fingerprint density at radius 2 is 1.72 bits per heavy atom. The maximum Gasteiger partial charge on any atom is 0.240 e. The number of carbonyl (C=O) groups is 2. The number of rotatable bonds is 4. The first-order valence-electron chi connectivity index (χ1n) is 9.72. The Hall–Kier alpha value is -3.34. The number of ether oxygens (including phenoxy) is 1. The van der Waals surface area contributed by atoms with E-state index in [0.29, 0.717) is 13.0 Å². The van der Waals surface area contributed by atoms with Crippen molar-refractivity contribution in [1.82, 2.24) is 4.90 Å². The molecule has 148 valence electrons. The van der Waals surface area contributed by atoms with Gasteiger partial charge in [0.05, 0.1) is 13.0 Å². The number of fused-ring (bicyclic) bond motifs is 2. The van der Waals surface area contributed by atoms with Crippen molar-refractivity contribution in [2.24, 2.45) is 5.73 Å². The molecule has 0 radical (unpaired) electrons. The number of primary amides is 1. The van der Waals surface area contributed by atoms with Crippen LogP contribution in [0.5, 0.6) is 5.75 Å². The molecule has 4 rings (SSSR count). The number of methoxy groups -OCH3 is 1. The van der Waals surface area contributed by atoms with Crippen molar-refractivity contribution in [3.05, 3.63) is 77.4 Å². The average Bonchev–Trinajstić information content (AvgIpc) is 2.76. The standard InChI is InChI=1S/C24H24N2O3/c1-15(16-7-8-19-12-21(29-2)10-9-18(19)11-16)24(28)26-14-20-6-4-3-5-17(20)13-22(26)23(25)27/h3-12,15,22H,13-14H2,1-2H3,(H2,25,27)/t15-,22+/m0/s1. The molecule has 29 heavy (non-hydrogen) atoms. The molecule has 2 amide bonds. The average molecular weight is 388 g/mol. The summed E-state index contributed by atoms with van der Waals surface area (Å²) in [5.41, 5.74) is 8.70. The van der Waals surface area contributed by atoms with Crippen molar-refractivity contribution < 1.29 is 14.3 Å². The molecule has 0 fully saturated rings. The van der Waals surface area contributed by atoms with Gasteiger partial charge in [0.15, 0.2) is 0 Å². The lowest BCUT2D eigenvalue weighted by Crippen LogP contribution is -2.52. The molecule has 0 aromatic heterocycles. The van der Waals surface area contributed by atoms with Gasteiger partial charge in [-0.25, -0.2) is 0 Å². The number of nitrogens with two attached hydrogens (primary N) is 1. The molecule has 3 aromatic rings. The largest absolute Gasteiger partial charge is 0.497 e. The van der Waals surface area contributed by atoms with Gasteiger partial charge in [-0.2, -0.15) is 0 Å². The van der Waals surface area contributed by atoms with Crippen LogP contribution in [0.3, 0.4) is 0 Å². The summed E-state index contributed by atoms with van der Waals surface area (Å²) in [5.74, 6) is -0.138. The fourth-order valence-electron chi connectivity index (χ4n) is 4.04. The quantitative estimate of drug-likeness (QED) is 0.745. The van der Waals surface area contributed by atoms with Crippen molar-refractivity contribution in [3.63, 3.8) is 0 Å². The summed E-state index contributed by atoms with van der Waals surface area (Å²) in [7, 11) is 1.64. The minimum atomic E-state index is -0.621. The van der Waals surface area contributed by atoms with Crippen molar-refractivity contribution >= 4 is 22.6 Å². The first-order chi connectivity index (χ1) is 14.0. The highest BCUT2D eigenvalue weighted by Gasteiger charge is 2.35. The van der Waals surface area contributed by atoms with Crippen LogP contribution in [-0.4, -0.2) is 29.9 Å². The molecule has 0 saturated carbocycles. The third-order valence-electron chi connectivity index (χ3n) is 5.80. The van der Waals surface area contributed by atoms with Gasteiger partial charge in [0.2, 0.25) is 11.8 Å². The summed E-state index contributed by atoms with van der Waals surface area (Å²) in [6.07, 6.45) is 0.460. The molecule has 0 unspecified atom stereocenters. The van der Waals surface area contributed by atoms with E-state index in [2.05, 4.69) is 0 Å². The maximum atomic E-state index is 13.4. The molecule has 2 N–H and O–H groups in total. The smallest absolute Gasteiger partial charge is 0.240 e. The molecular weight excluding hydrogens is 364 g/mol. The predicted octanol–water partition coefficient (Wildman–Crippen LogP) is 3.39. The van der Waals surface area contributed by atoms with Crippen LogP contribution in [-0.2, 0) is 22.6 Å². The lowest BCUT2D eigenvalue weighted by atomic mass is 9.90. The molecule has 1 heterocycles. The van der Waals surface area contributed by atoms with Gasteiger partial charge in [0.1, 0.15) is 11.8 Å². The zero-order chi connectivity index (χ0) is 20.5. The monoisotopic (exact) mass is 388 g/mol. The van der Waals surface area contributed by atoms with E-state index in [4.69, 9.17) is 10.5 Å². The number of hydrogen-bond donors (Lipinski definition) is 1. The van der Waals surface area contributed by atoms with Gasteiger partial charge in [0.25, 0.3) is 0 Å². The molecule has 1 aliphatic rings. The Bertz CT molecular complexity index is 1090. The lowest BCUT2D eigenvalue weighted by molar-refractivity contribution is -0.141. The fraction of sp³-hybridized carbons (Fsp3) is 0.250. The highest BCUT2D eigenvalue weighted by molar-refractivity contribution is 5.92. The van der Waals surface area contributed by atoms with Crippen LogP contribution >= 0.6 is 0 Å². The van der Waals surface area contributed by atoms with Crippen molar-refractivity contribution in [2.75, 3.05) is 7.11 Å². The van der Waals surface area contributed by atoms with Crippen LogP contribution < -0.4 is 10.5 Å². The summed E-state index contributed by atoms with van der Waals surface area (Å²) in [6, 6.07) is 19.1. The summed E-state index contributed by atoms with van der Waals surface area (Å²) in [5, 5.41) is 2.09. The second-order valence-corrected chi connectivity index (χ2v) is 7.55. The van der Waals surface area contributed by atoms with E-state index in [0.717, 1.165) is 33.2 Å². The van der Waals surface area contributed by atoms with Gasteiger partial charge in [-0.05, 0) is 46.5 Å². The van der Waals surface area contributed by atoms with E-state index < -0.39 is 11.9 Å². The summed E-state index contributed by atoms with van der Waals surface area (Å²) >= 11 is 0. The lowest BCUT2D eigenvalue weighted by Gasteiger charge is -2.36. The second-order valence-electron chi connectivity index (χ2n) is 7.55. The molecule has 2 atom stereocenters. The van der Waals surface area contributed by atoms with E-state index >= 15 is 0 Å². The summed E-state index contributed by atoms with van der Waals surface area (Å²) in [4.78, 5) is 27.1. The molecule has 3 aromatic carbocycles. The van der Waals surface area contributed by atoms with Crippen LogP contribution in [0.25, 0.3) is 10.8 Å². The van der Waals surface area contributed by atoms with Gasteiger partial charge in [-0.15, -0.1) is 0 Å². The number of carbonyl (C=O) groups excluding carboxylic acids is 2. The summed E-state index contributed by atoms with van der Waals surface area (Å²) in [6.45, 7) is 2.28. The van der Waals surface area contributed by atoms with Crippen LogP contribution in [0.2, 0.25) is 0 Å². The van der Waals surface area contributed by atoms with Gasteiger partial charge in [-0.3, -0.25) is 9.59 Å². The number of nitrogens with zero attached hydrogens (tertiary/aromatic N) is 1. The Morgan fingerprint density at radius 3 is 2.45 bits per heavy atom. The maximum absolute atomic E-state index is 13.4. The van der Waals surface area contributed by atoms with Gasteiger partial charge >= 0.3 is 0 Å². The second kappa shape index (κ2) is 7.59. The third-order valence-corrected chi connectivity index (χ3v) is 5.80. The van der Waals surface area contributed by atoms with Gasteiger partial charge in [-0.1, -0.05) is 48.5 Å². The zero-order valence-corrected chi connectivity index (χ0v) is 16.6. The fourth-order valence-corrected chi connectivity index (χ4v) is 4.04. The highest BCUT2D eigenvalue weighted by Crippen LogP contribution is 2.30. The van der Waals surface area contributed by atoms with Crippen LogP contribution in [0.4, 0.5) is 0 Å².